The number of piperidine rings is 1. The minimum atomic E-state index is 0.752. The second-order valence-corrected chi connectivity index (χ2v) is 7.91. The SMILES string of the molecule is CCCC1CCN(CC2C(C)CC(C)CC2NCC)CC1. The molecular formula is C19H38N2. The molecule has 1 aliphatic carbocycles. The number of hydrogen-bond acceptors (Lipinski definition) is 2. The van der Waals surface area contributed by atoms with E-state index in [9.17, 15) is 0 Å². The van der Waals surface area contributed by atoms with Crippen LogP contribution in [0.1, 0.15) is 66.2 Å². The van der Waals surface area contributed by atoms with Gasteiger partial charge in [-0.3, -0.25) is 0 Å². The van der Waals surface area contributed by atoms with Crippen LogP contribution in [0.5, 0.6) is 0 Å². The smallest absolute Gasteiger partial charge is 0.0112 e. The molecule has 0 radical (unpaired) electrons. The van der Waals surface area contributed by atoms with Crippen molar-refractivity contribution in [2.45, 2.75) is 72.3 Å². The summed E-state index contributed by atoms with van der Waals surface area (Å²) in [5, 5.41) is 3.79. The van der Waals surface area contributed by atoms with E-state index in [1.807, 2.05) is 0 Å². The van der Waals surface area contributed by atoms with Crippen LogP contribution in [0, 0.1) is 23.7 Å². The van der Waals surface area contributed by atoms with E-state index in [4.69, 9.17) is 0 Å². The van der Waals surface area contributed by atoms with E-state index < -0.39 is 0 Å². The molecule has 0 aromatic heterocycles. The van der Waals surface area contributed by atoms with Crippen molar-refractivity contribution >= 4 is 0 Å². The van der Waals surface area contributed by atoms with Crippen molar-refractivity contribution in [1.29, 1.82) is 0 Å². The monoisotopic (exact) mass is 294 g/mol. The molecule has 1 aliphatic heterocycles. The maximum absolute atomic E-state index is 3.79. The van der Waals surface area contributed by atoms with Crippen LogP contribution in [0.25, 0.3) is 0 Å². The van der Waals surface area contributed by atoms with Crippen molar-refractivity contribution in [3.05, 3.63) is 0 Å². The zero-order valence-electron chi connectivity index (χ0n) is 14.9. The Labute approximate surface area is 133 Å². The van der Waals surface area contributed by atoms with E-state index in [0.717, 1.165) is 36.3 Å². The molecule has 1 saturated heterocycles. The summed E-state index contributed by atoms with van der Waals surface area (Å²) in [6, 6.07) is 0.752. The van der Waals surface area contributed by atoms with Crippen LogP contribution >= 0.6 is 0 Å². The Morgan fingerprint density at radius 1 is 1.05 bits per heavy atom. The van der Waals surface area contributed by atoms with E-state index in [1.54, 1.807) is 0 Å². The Kier molecular flexibility index (Phi) is 7.01. The summed E-state index contributed by atoms with van der Waals surface area (Å²) in [7, 11) is 0. The van der Waals surface area contributed by atoms with Crippen molar-refractivity contribution < 1.29 is 0 Å². The Morgan fingerprint density at radius 2 is 1.76 bits per heavy atom. The zero-order chi connectivity index (χ0) is 15.2. The molecule has 2 rings (SSSR count). The van der Waals surface area contributed by atoms with E-state index >= 15 is 0 Å². The van der Waals surface area contributed by atoms with Gasteiger partial charge in [0.2, 0.25) is 0 Å². The van der Waals surface area contributed by atoms with Gasteiger partial charge in [0.15, 0.2) is 0 Å². The summed E-state index contributed by atoms with van der Waals surface area (Å²) in [5.41, 5.74) is 0. The summed E-state index contributed by atoms with van der Waals surface area (Å²) < 4.78 is 0. The van der Waals surface area contributed by atoms with Gasteiger partial charge in [0.25, 0.3) is 0 Å². The summed E-state index contributed by atoms with van der Waals surface area (Å²) >= 11 is 0. The largest absolute Gasteiger partial charge is 0.314 e. The average Bonchev–Trinajstić information content (AvgIpc) is 2.45. The number of rotatable bonds is 6. The van der Waals surface area contributed by atoms with Gasteiger partial charge in [-0.1, -0.05) is 40.5 Å². The van der Waals surface area contributed by atoms with Crippen molar-refractivity contribution in [3.8, 4) is 0 Å². The van der Waals surface area contributed by atoms with Gasteiger partial charge in [-0.25, -0.2) is 0 Å². The molecule has 0 bridgehead atoms. The molecule has 0 aromatic rings. The highest BCUT2D eigenvalue weighted by molar-refractivity contribution is 4.90. The Morgan fingerprint density at radius 3 is 2.38 bits per heavy atom. The molecular weight excluding hydrogens is 256 g/mol. The third-order valence-corrected chi connectivity index (χ3v) is 6.02. The van der Waals surface area contributed by atoms with Gasteiger partial charge in [-0.15, -0.1) is 0 Å². The first-order chi connectivity index (χ1) is 10.1. The number of likely N-dealkylation sites (tertiary alicyclic amines) is 1. The fraction of sp³-hybridized carbons (Fsp3) is 1.00. The molecule has 1 heterocycles. The first-order valence-electron chi connectivity index (χ1n) is 9.59. The molecule has 1 saturated carbocycles. The molecule has 0 amide bonds. The second kappa shape index (κ2) is 8.53. The van der Waals surface area contributed by atoms with Gasteiger partial charge in [0, 0.05) is 12.6 Å². The summed E-state index contributed by atoms with van der Waals surface area (Å²) in [6.45, 7) is 14.7. The van der Waals surface area contributed by atoms with E-state index in [-0.39, 0.29) is 0 Å². The zero-order valence-corrected chi connectivity index (χ0v) is 14.9. The highest BCUT2D eigenvalue weighted by Gasteiger charge is 2.35. The summed E-state index contributed by atoms with van der Waals surface area (Å²) in [5.74, 6) is 3.66. The molecule has 124 valence electrons. The molecule has 4 unspecified atom stereocenters. The maximum atomic E-state index is 3.79. The van der Waals surface area contributed by atoms with Gasteiger partial charge >= 0.3 is 0 Å². The molecule has 4 atom stereocenters. The Bertz CT molecular complexity index is 283. The predicted molar refractivity (Wildman–Crippen MR) is 92.6 cm³/mol. The molecule has 2 nitrogen and oxygen atoms in total. The topological polar surface area (TPSA) is 15.3 Å². The fourth-order valence-electron chi connectivity index (χ4n) is 4.88. The normalized spacial score (nSPS) is 36.0. The third kappa shape index (κ3) is 4.96. The quantitative estimate of drug-likeness (QED) is 0.791. The molecule has 2 heteroatoms. The predicted octanol–water partition coefficient (Wildman–Crippen LogP) is 4.16. The lowest BCUT2D eigenvalue weighted by atomic mass is 9.72. The fourth-order valence-corrected chi connectivity index (χ4v) is 4.88. The van der Waals surface area contributed by atoms with Crippen molar-refractivity contribution in [1.82, 2.24) is 10.2 Å². The number of hydrogen-bond donors (Lipinski definition) is 1. The van der Waals surface area contributed by atoms with Crippen LogP contribution in [0.4, 0.5) is 0 Å². The highest BCUT2D eigenvalue weighted by atomic mass is 15.1. The minimum Gasteiger partial charge on any atom is -0.314 e. The number of nitrogens with one attached hydrogen (secondary N) is 1. The lowest BCUT2D eigenvalue weighted by Crippen LogP contribution is -2.50. The van der Waals surface area contributed by atoms with Crippen LogP contribution in [0.2, 0.25) is 0 Å². The molecule has 2 aliphatic rings. The molecule has 1 N–H and O–H groups in total. The number of nitrogens with zero attached hydrogens (tertiary/aromatic N) is 1. The first kappa shape index (κ1) is 17.3. The van der Waals surface area contributed by atoms with E-state index in [2.05, 4.69) is 37.9 Å². The van der Waals surface area contributed by atoms with E-state index in [0.29, 0.717) is 0 Å². The van der Waals surface area contributed by atoms with Gasteiger partial charge < -0.3 is 10.2 Å². The van der Waals surface area contributed by atoms with E-state index in [1.165, 1.54) is 58.2 Å². The van der Waals surface area contributed by atoms with Crippen LogP contribution in [0.15, 0.2) is 0 Å². The minimum absolute atomic E-state index is 0.752. The summed E-state index contributed by atoms with van der Waals surface area (Å²) in [6.07, 6.45) is 8.51. The maximum Gasteiger partial charge on any atom is 0.0112 e. The van der Waals surface area contributed by atoms with Gasteiger partial charge in [0.1, 0.15) is 0 Å². The molecule has 2 fully saturated rings. The van der Waals surface area contributed by atoms with Crippen molar-refractivity contribution in [2.24, 2.45) is 23.7 Å². The van der Waals surface area contributed by atoms with Crippen LogP contribution in [-0.2, 0) is 0 Å². The van der Waals surface area contributed by atoms with Crippen LogP contribution < -0.4 is 5.32 Å². The standard InChI is InChI=1S/C19H38N2/c1-5-7-17-8-10-21(11-9-17)14-18-16(4)12-15(3)13-19(18)20-6-2/h15-20H,5-14H2,1-4H3. The molecule has 21 heavy (non-hydrogen) atoms. The van der Waals surface area contributed by atoms with Crippen LogP contribution in [-0.4, -0.2) is 37.1 Å². The second-order valence-electron chi connectivity index (χ2n) is 7.91. The first-order valence-corrected chi connectivity index (χ1v) is 9.59. The lowest BCUT2D eigenvalue weighted by Gasteiger charge is -2.43. The van der Waals surface area contributed by atoms with Gasteiger partial charge in [0.05, 0.1) is 0 Å². The van der Waals surface area contributed by atoms with Gasteiger partial charge in [-0.2, -0.15) is 0 Å². The van der Waals surface area contributed by atoms with Gasteiger partial charge in [-0.05, 0) is 69.0 Å². The average molecular weight is 295 g/mol. The van der Waals surface area contributed by atoms with Crippen molar-refractivity contribution in [2.75, 3.05) is 26.2 Å². The summed E-state index contributed by atoms with van der Waals surface area (Å²) in [4.78, 5) is 2.77. The van der Waals surface area contributed by atoms with Crippen molar-refractivity contribution in [3.63, 3.8) is 0 Å². The molecule has 0 spiro atoms. The highest BCUT2D eigenvalue weighted by Crippen LogP contribution is 2.35. The lowest BCUT2D eigenvalue weighted by molar-refractivity contribution is 0.0816. The van der Waals surface area contributed by atoms with Crippen LogP contribution in [0.3, 0.4) is 0 Å². The molecule has 0 aromatic carbocycles. The third-order valence-electron chi connectivity index (χ3n) is 6.02. The Balaban J connectivity index is 1.85. The Hall–Kier alpha value is -0.0800.